The number of rotatable bonds is 12. The van der Waals surface area contributed by atoms with E-state index in [1.54, 1.807) is 0 Å². The number of aliphatic imine (C=N–C) groups is 2. The zero-order chi connectivity index (χ0) is 19.2. The Hall–Kier alpha value is -1.56. The van der Waals surface area contributed by atoms with Gasteiger partial charge in [0.05, 0.1) is 22.8 Å². The minimum Gasteiger partial charge on any atom is -0.252 e. The van der Waals surface area contributed by atoms with E-state index in [1.807, 2.05) is 12.1 Å². The third-order valence-electron chi connectivity index (χ3n) is 4.66. The fourth-order valence-electron chi connectivity index (χ4n) is 3.11. The largest absolute Gasteiger partial charge is 0.252 e. The molecule has 2 nitrogen and oxygen atoms in total. The summed E-state index contributed by atoms with van der Waals surface area (Å²) in [5.41, 5.74) is 4.38. The van der Waals surface area contributed by atoms with Gasteiger partial charge in [0, 0.05) is 20.4 Å². The molecule has 0 saturated carbocycles. The molecule has 0 aliphatic heterocycles. The Bertz CT molecular complexity index is 693. The molecule has 28 heavy (non-hydrogen) atoms. The summed E-state index contributed by atoms with van der Waals surface area (Å²) >= 11 is 0. The van der Waals surface area contributed by atoms with Gasteiger partial charge in [0.1, 0.15) is 0 Å². The first-order valence-electron chi connectivity index (χ1n) is 10.6. The van der Waals surface area contributed by atoms with Crippen LogP contribution < -0.4 is 0 Å². The van der Waals surface area contributed by atoms with E-state index in [4.69, 9.17) is 9.98 Å². The van der Waals surface area contributed by atoms with Gasteiger partial charge in [-0.15, -0.1) is 0 Å². The first-order chi connectivity index (χ1) is 13.3. The van der Waals surface area contributed by atoms with Gasteiger partial charge in [-0.2, -0.15) is 0 Å². The molecular weight excluding hydrogens is 435 g/mol. The minimum atomic E-state index is 0. The van der Waals surface area contributed by atoms with E-state index in [0.29, 0.717) is 0 Å². The van der Waals surface area contributed by atoms with Crippen molar-refractivity contribution in [3.8, 4) is 0 Å². The van der Waals surface area contributed by atoms with Gasteiger partial charge >= 0.3 is 0 Å². The summed E-state index contributed by atoms with van der Waals surface area (Å²) in [4.78, 5) is 10.0. The van der Waals surface area contributed by atoms with Gasteiger partial charge in [0.15, 0.2) is 0 Å². The molecule has 0 unspecified atom stereocenters. The molecular formula is C25H34N2Pd. The molecule has 0 aliphatic carbocycles. The van der Waals surface area contributed by atoms with Crippen LogP contribution >= 0.6 is 0 Å². The van der Waals surface area contributed by atoms with E-state index in [1.165, 1.54) is 44.9 Å². The van der Waals surface area contributed by atoms with Crippen molar-refractivity contribution in [3.63, 3.8) is 0 Å². The van der Waals surface area contributed by atoms with E-state index in [2.05, 4.69) is 62.4 Å². The second-order valence-electron chi connectivity index (χ2n) is 7.06. The van der Waals surface area contributed by atoms with Crippen LogP contribution in [0.5, 0.6) is 0 Å². The first-order valence-corrected chi connectivity index (χ1v) is 10.6. The summed E-state index contributed by atoms with van der Waals surface area (Å²) in [6.07, 6.45) is 10.6. The molecule has 0 amide bonds. The van der Waals surface area contributed by atoms with Gasteiger partial charge < -0.3 is 0 Å². The molecule has 0 aliphatic rings. The molecule has 0 N–H and O–H groups in total. The molecule has 0 radical (unpaired) electrons. The Labute approximate surface area is 185 Å². The maximum atomic E-state index is 5.02. The summed E-state index contributed by atoms with van der Waals surface area (Å²) in [7, 11) is 0. The number of para-hydroxylation sites is 2. The number of nitrogens with zero attached hydrogens (tertiary/aromatic N) is 2. The van der Waals surface area contributed by atoms with E-state index in [0.717, 1.165) is 35.6 Å². The Kier molecular flexibility index (Phi) is 13.4. The van der Waals surface area contributed by atoms with Crippen molar-refractivity contribution in [1.82, 2.24) is 0 Å². The second-order valence-corrected chi connectivity index (χ2v) is 7.06. The fraction of sp³-hybridized carbons (Fsp3) is 0.440. The van der Waals surface area contributed by atoms with E-state index in [9.17, 15) is 0 Å². The van der Waals surface area contributed by atoms with Gasteiger partial charge in [0.2, 0.25) is 0 Å². The third kappa shape index (κ3) is 9.58. The summed E-state index contributed by atoms with van der Waals surface area (Å²) < 4.78 is 0. The fourth-order valence-corrected chi connectivity index (χ4v) is 3.11. The number of unbranched alkanes of at least 4 members (excludes halogenated alkanes) is 5. The van der Waals surface area contributed by atoms with Crippen LogP contribution in [-0.4, -0.2) is 11.4 Å². The Morgan fingerprint density at radius 3 is 1.39 bits per heavy atom. The number of hydrogen-bond donors (Lipinski definition) is 0. The van der Waals surface area contributed by atoms with Crippen LogP contribution in [0, 0.1) is 0 Å². The Morgan fingerprint density at radius 2 is 0.964 bits per heavy atom. The zero-order valence-corrected chi connectivity index (χ0v) is 18.9. The van der Waals surface area contributed by atoms with Crippen molar-refractivity contribution in [2.45, 2.75) is 71.6 Å². The van der Waals surface area contributed by atoms with Gasteiger partial charge in [-0.25, -0.2) is 0 Å². The molecule has 0 heterocycles. The zero-order valence-electron chi connectivity index (χ0n) is 17.3. The van der Waals surface area contributed by atoms with Crippen LogP contribution in [0.25, 0.3) is 0 Å². The van der Waals surface area contributed by atoms with Crippen LogP contribution in [0.4, 0.5) is 11.4 Å². The molecule has 0 atom stereocenters. The SMILES string of the molecule is CCCCCCC(=N\c1ccccc1)/C(CCCCC)=N/c1ccccc1.[Pd]. The summed E-state index contributed by atoms with van der Waals surface area (Å²) in [5, 5.41) is 0. The Balaban J connectivity index is 0.00000392. The van der Waals surface area contributed by atoms with Crippen molar-refractivity contribution in [1.29, 1.82) is 0 Å². The summed E-state index contributed by atoms with van der Waals surface area (Å²) in [6.45, 7) is 4.50. The number of benzene rings is 2. The molecule has 3 heteroatoms. The molecule has 0 spiro atoms. The maximum absolute atomic E-state index is 5.02. The topological polar surface area (TPSA) is 24.7 Å². The van der Waals surface area contributed by atoms with Crippen molar-refractivity contribution in [3.05, 3.63) is 60.7 Å². The minimum absolute atomic E-state index is 0. The quantitative estimate of drug-likeness (QED) is 0.171. The van der Waals surface area contributed by atoms with Crippen LogP contribution in [0.2, 0.25) is 0 Å². The summed E-state index contributed by atoms with van der Waals surface area (Å²) in [6, 6.07) is 20.6. The molecule has 0 bridgehead atoms. The van der Waals surface area contributed by atoms with Crippen LogP contribution in [0.15, 0.2) is 70.6 Å². The van der Waals surface area contributed by atoms with Crippen molar-refractivity contribution < 1.29 is 20.4 Å². The standard InChI is InChI=1S/C25H34N2.Pd/c1-3-5-7-15-21-25(27-23-18-13-9-14-19-23)24(20-10-6-4-2)26-22-16-11-8-12-17-22;/h8-9,11-14,16-19H,3-7,10,15,20-21H2,1-2H3;/b26-24+,27-25+;. The van der Waals surface area contributed by atoms with E-state index in [-0.39, 0.29) is 20.4 Å². The third-order valence-corrected chi connectivity index (χ3v) is 4.66. The first kappa shape index (κ1) is 24.5. The van der Waals surface area contributed by atoms with Crippen LogP contribution in [0.3, 0.4) is 0 Å². The molecule has 2 rings (SSSR count). The molecule has 154 valence electrons. The molecule has 2 aromatic carbocycles. The van der Waals surface area contributed by atoms with Crippen molar-refractivity contribution in [2.24, 2.45) is 9.98 Å². The molecule has 0 aromatic heterocycles. The van der Waals surface area contributed by atoms with Crippen molar-refractivity contribution in [2.75, 3.05) is 0 Å². The predicted molar refractivity (Wildman–Crippen MR) is 120 cm³/mol. The average Bonchev–Trinajstić information content (AvgIpc) is 2.71. The van der Waals surface area contributed by atoms with Gasteiger partial charge in [-0.1, -0.05) is 82.3 Å². The predicted octanol–water partition coefficient (Wildman–Crippen LogP) is 8.08. The number of hydrogen-bond acceptors (Lipinski definition) is 2. The van der Waals surface area contributed by atoms with E-state index < -0.39 is 0 Å². The summed E-state index contributed by atoms with van der Waals surface area (Å²) in [5.74, 6) is 0. The normalized spacial score (nSPS) is 11.9. The molecule has 2 aromatic rings. The smallest absolute Gasteiger partial charge is 0.0633 e. The van der Waals surface area contributed by atoms with Gasteiger partial charge in [0.25, 0.3) is 0 Å². The van der Waals surface area contributed by atoms with E-state index >= 15 is 0 Å². The second kappa shape index (κ2) is 15.4. The average molecular weight is 469 g/mol. The van der Waals surface area contributed by atoms with Crippen LogP contribution in [0.1, 0.15) is 71.6 Å². The molecule has 0 saturated heterocycles. The van der Waals surface area contributed by atoms with Crippen LogP contribution in [-0.2, 0) is 20.4 Å². The van der Waals surface area contributed by atoms with Gasteiger partial charge in [-0.3, -0.25) is 9.98 Å². The van der Waals surface area contributed by atoms with Gasteiger partial charge in [-0.05, 0) is 49.9 Å². The van der Waals surface area contributed by atoms with Crippen molar-refractivity contribution >= 4 is 22.8 Å². The maximum Gasteiger partial charge on any atom is 0.0633 e. The monoisotopic (exact) mass is 468 g/mol. The Morgan fingerprint density at radius 1 is 0.571 bits per heavy atom. The molecule has 0 fully saturated rings.